The fraction of sp³-hybridized carbons (Fsp3) is 0.682. The molecule has 0 aliphatic carbocycles. The molecule has 2 aliphatic heterocycles. The van der Waals surface area contributed by atoms with Gasteiger partial charge in [0.25, 0.3) is 0 Å². The number of hydrogen-bond donors (Lipinski definition) is 0. The lowest BCUT2D eigenvalue weighted by Crippen LogP contribution is -2.44. The minimum Gasteiger partial charge on any atom is -0.376 e. The second-order valence-corrected chi connectivity index (χ2v) is 8.01. The summed E-state index contributed by atoms with van der Waals surface area (Å²) in [7, 11) is 1.59. The normalized spacial score (nSPS) is 21.5. The minimum absolute atomic E-state index is 0.0929. The van der Waals surface area contributed by atoms with E-state index in [-0.39, 0.29) is 18.6 Å². The predicted molar refractivity (Wildman–Crippen MR) is 107 cm³/mol. The first kappa shape index (κ1) is 20.3. The molecule has 0 N–H and O–H groups in total. The quantitative estimate of drug-likeness (QED) is 0.702. The highest BCUT2D eigenvalue weighted by molar-refractivity contribution is 5.77. The van der Waals surface area contributed by atoms with E-state index < -0.39 is 0 Å². The molecular formula is C22H34N2O3. The highest BCUT2D eigenvalue weighted by Crippen LogP contribution is 2.22. The van der Waals surface area contributed by atoms with E-state index in [4.69, 9.17) is 9.47 Å². The van der Waals surface area contributed by atoms with Crippen LogP contribution in [0.1, 0.15) is 36.8 Å². The van der Waals surface area contributed by atoms with Crippen LogP contribution in [0.15, 0.2) is 24.3 Å². The summed E-state index contributed by atoms with van der Waals surface area (Å²) in [6.45, 7) is 7.96. The number of ether oxygens (including phenoxy) is 2. The SMILES string of the molecule is COCC(=O)N(CC1CCN(Cc2ccccc2C)CC1)CC1CCCO1. The lowest BCUT2D eigenvalue weighted by molar-refractivity contribution is -0.137. The number of aryl methyl sites for hydroxylation is 1. The second kappa shape index (κ2) is 10.2. The van der Waals surface area contributed by atoms with Crippen LogP contribution in [0.5, 0.6) is 0 Å². The molecule has 5 heteroatoms. The van der Waals surface area contributed by atoms with Gasteiger partial charge in [0.2, 0.25) is 5.91 Å². The Morgan fingerprint density at radius 1 is 1.22 bits per heavy atom. The van der Waals surface area contributed by atoms with Crippen LogP contribution < -0.4 is 0 Å². The van der Waals surface area contributed by atoms with Crippen LogP contribution in [0, 0.1) is 12.8 Å². The van der Waals surface area contributed by atoms with E-state index in [0.717, 1.165) is 58.5 Å². The third-order valence-corrected chi connectivity index (χ3v) is 5.91. The van der Waals surface area contributed by atoms with Crippen molar-refractivity contribution in [2.75, 3.05) is 46.5 Å². The first-order chi connectivity index (χ1) is 13.2. The zero-order valence-electron chi connectivity index (χ0n) is 16.9. The molecule has 0 aromatic heterocycles. The molecule has 2 fully saturated rings. The molecule has 1 aromatic carbocycles. The van der Waals surface area contributed by atoms with Crippen molar-refractivity contribution in [3.8, 4) is 0 Å². The van der Waals surface area contributed by atoms with Crippen LogP contribution >= 0.6 is 0 Å². The minimum atomic E-state index is 0.0929. The van der Waals surface area contributed by atoms with Gasteiger partial charge in [-0.2, -0.15) is 0 Å². The molecule has 150 valence electrons. The maximum Gasteiger partial charge on any atom is 0.248 e. The molecule has 2 saturated heterocycles. The first-order valence-electron chi connectivity index (χ1n) is 10.3. The van der Waals surface area contributed by atoms with Crippen molar-refractivity contribution in [2.45, 2.75) is 45.3 Å². The number of piperidine rings is 1. The summed E-state index contributed by atoms with van der Waals surface area (Å²) in [4.78, 5) is 17.0. The fourth-order valence-corrected chi connectivity index (χ4v) is 4.19. The number of hydrogen-bond acceptors (Lipinski definition) is 4. The van der Waals surface area contributed by atoms with Gasteiger partial charge in [-0.15, -0.1) is 0 Å². The van der Waals surface area contributed by atoms with Gasteiger partial charge in [0.1, 0.15) is 6.61 Å². The standard InChI is InChI=1S/C22H34N2O3/c1-18-6-3-4-7-20(18)15-23-11-9-19(10-12-23)14-24(22(25)17-26-2)16-21-8-5-13-27-21/h3-4,6-7,19,21H,5,8-17H2,1-2H3. The largest absolute Gasteiger partial charge is 0.376 e. The molecule has 3 rings (SSSR count). The number of amides is 1. The van der Waals surface area contributed by atoms with E-state index in [1.807, 2.05) is 4.90 Å². The van der Waals surface area contributed by atoms with Gasteiger partial charge in [0.15, 0.2) is 0 Å². The zero-order valence-corrected chi connectivity index (χ0v) is 16.9. The Balaban J connectivity index is 1.49. The molecule has 2 heterocycles. The number of carbonyl (C=O) groups is 1. The van der Waals surface area contributed by atoms with E-state index in [1.165, 1.54) is 11.1 Å². The van der Waals surface area contributed by atoms with Gasteiger partial charge in [-0.05, 0) is 62.7 Å². The van der Waals surface area contributed by atoms with Gasteiger partial charge in [0.05, 0.1) is 6.10 Å². The Hall–Kier alpha value is -1.43. The van der Waals surface area contributed by atoms with Gasteiger partial charge in [0, 0.05) is 33.4 Å². The Labute approximate surface area is 163 Å². The molecule has 1 aromatic rings. The van der Waals surface area contributed by atoms with E-state index in [9.17, 15) is 4.79 Å². The molecule has 1 unspecified atom stereocenters. The van der Waals surface area contributed by atoms with Crippen LogP contribution in [-0.4, -0.2) is 68.3 Å². The monoisotopic (exact) mass is 374 g/mol. The molecule has 27 heavy (non-hydrogen) atoms. The van der Waals surface area contributed by atoms with E-state index in [1.54, 1.807) is 7.11 Å². The third-order valence-electron chi connectivity index (χ3n) is 5.91. The Kier molecular flexibility index (Phi) is 7.68. The number of rotatable bonds is 8. The van der Waals surface area contributed by atoms with Crippen molar-refractivity contribution in [1.29, 1.82) is 0 Å². The highest BCUT2D eigenvalue weighted by Gasteiger charge is 2.27. The topological polar surface area (TPSA) is 42.0 Å². The summed E-state index contributed by atoms with van der Waals surface area (Å²) >= 11 is 0. The van der Waals surface area contributed by atoms with Crippen molar-refractivity contribution < 1.29 is 14.3 Å². The van der Waals surface area contributed by atoms with Crippen molar-refractivity contribution in [3.63, 3.8) is 0 Å². The summed E-state index contributed by atoms with van der Waals surface area (Å²) in [6.07, 6.45) is 4.66. The lowest BCUT2D eigenvalue weighted by Gasteiger charge is -2.35. The Morgan fingerprint density at radius 3 is 2.67 bits per heavy atom. The maximum absolute atomic E-state index is 12.5. The van der Waals surface area contributed by atoms with E-state index in [2.05, 4.69) is 36.1 Å². The molecule has 0 saturated carbocycles. The Bertz CT molecular complexity index is 593. The van der Waals surface area contributed by atoms with Crippen LogP contribution in [-0.2, 0) is 20.8 Å². The predicted octanol–water partition coefficient (Wildman–Crippen LogP) is 2.86. The fourth-order valence-electron chi connectivity index (χ4n) is 4.19. The molecule has 0 bridgehead atoms. The Morgan fingerprint density at radius 2 is 2.00 bits per heavy atom. The summed E-state index contributed by atoms with van der Waals surface area (Å²) in [5.41, 5.74) is 2.79. The van der Waals surface area contributed by atoms with E-state index >= 15 is 0 Å². The molecule has 2 aliphatic rings. The smallest absolute Gasteiger partial charge is 0.248 e. The molecular weight excluding hydrogens is 340 g/mol. The van der Waals surface area contributed by atoms with Crippen molar-refractivity contribution in [1.82, 2.24) is 9.80 Å². The first-order valence-corrected chi connectivity index (χ1v) is 10.3. The van der Waals surface area contributed by atoms with Gasteiger partial charge >= 0.3 is 0 Å². The van der Waals surface area contributed by atoms with Crippen molar-refractivity contribution in [2.24, 2.45) is 5.92 Å². The second-order valence-electron chi connectivity index (χ2n) is 8.01. The van der Waals surface area contributed by atoms with Crippen molar-refractivity contribution in [3.05, 3.63) is 35.4 Å². The summed E-state index contributed by atoms with van der Waals surface area (Å²) < 4.78 is 10.8. The van der Waals surface area contributed by atoms with Gasteiger partial charge in [-0.3, -0.25) is 9.69 Å². The van der Waals surface area contributed by atoms with Crippen LogP contribution in [0.25, 0.3) is 0 Å². The summed E-state index contributed by atoms with van der Waals surface area (Å²) in [5.74, 6) is 0.663. The third kappa shape index (κ3) is 6.03. The molecule has 0 radical (unpaired) electrons. The molecule has 1 atom stereocenters. The molecule has 5 nitrogen and oxygen atoms in total. The lowest BCUT2D eigenvalue weighted by atomic mass is 9.95. The van der Waals surface area contributed by atoms with Gasteiger partial charge < -0.3 is 14.4 Å². The average molecular weight is 375 g/mol. The van der Waals surface area contributed by atoms with Crippen molar-refractivity contribution >= 4 is 5.91 Å². The number of nitrogens with zero attached hydrogens (tertiary/aromatic N) is 2. The number of benzene rings is 1. The molecule has 1 amide bonds. The van der Waals surface area contributed by atoms with Crippen LogP contribution in [0.4, 0.5) is 0 Å². The highest BCUT2D eigenvalue weighted by atomic mass is 16.5. The number of carbonyl (C=O) groups excluding carboxylic acids is 1. The average Bonchev–Trinajstić information content (AvgIpc) is 3.18. The summed E-state index contributed by atoms with van der Waals surface area (Å²) in [6, 6.07) is 8.64. The van der Waals surface area contributed by atoms with Gasteiger partial charge in [-0.25, -0.2) is 0 Å². The summed E-state index contributed by atoms with van der Waals surface area (Å²) in [5, 5.41) is 0. The molecule has 0 spiro atoms. The van der Waals surface area contributed by atoms with Crippen LogP contribution in [0.2, 0.25) is 0 Å². The van der Waals surface area contributed by atoms with Crippen LogP contribution in [0.3, 0.4) is 0 Å². The zero-order chi connectivity index (χ0) is 19.1. The van der Waals surface area contributed by atoms with Gasteiger partial charge in [-0.1, -0.05) is 24.3 Å². The van der Waals surface area contributed by atoms with E-state index in [0.29, 0.717) is 12.5 Å². The maximum atomic E-state index is 12.5. The number of likely N-dealkylation sites (tertiary alicyclic amines) is 1. The number of methoxy groups -OCH3 is 1.